The molecule has 1 amide bonds. The predicted octanol–water partition coefficient (Wildman–Crippen LogP) is 4.48. The molecule has 1 atom stereocenters. The molecule has 0 saturated carbocycles. The van der Waals surface area contributed by atoms with E-state index in [1.54, 1.807) is 12.1 Å². The van der Waals surface area contributed by atoms with Gasteiger partial charge in [-0.05, 0) is 26.2 Å². The summed E-state index contributed by atoms with van der Waals surface area (Å²) in [6, 6.07) is 4.93. The zero-order chi connectivity index (χ0) is 15.9. The lowest BCUT2D eigenvalue weighted by Gasteiger charge is -2.33. The lowest BCUT2D eigenvalue weighted by molar-refractivity contribution is -0.382. The molecule has 2 aromatic rings. The topological polar surface area (TPSA) is 63.5 Å². The van der Waals surface area contributed by atoms with Crippen LogP contribution in [0.1, 0.15) is 35.9 Å². The molecule has 1 aliphatic heterocycles. The van der Waals surface area contributed by atoms with Crippen molar-refractivity contribution in [3.8, 4) is 0 Å². The summed E-state index contributed by atoms with van der Waals surface area (Å²) >= 11 is 7.45. The fourth-order valence-corrected chi connectivity index (χ4v) is 4.43. The number of nitro groups is 1. The first-order chi connectivity index (χ1) is 10.5. The number of thiophene rings is 1. The first kappa shape index (κ1) is 15.2. The van der Waals surface area contributed by atoms with Gasteiger partial charge in [0.1, 0.15) is 9.58 Å². The largest absolute Gasteiger partial charge is 0.335 e. The van der Waals surface area contributed by atoms with E-state index in [4.69, 9.17) is 11.6 Å². The molecule has 0 aliphatic carbocycles. The lowest BCUT2D eigenvalue weighted by Crippen LogP contribution is -2.41. The Bertz CT molecular complexity index is 759. The van der Waals surface area contributed by atoms with E-state index in [2.05, 4.69) is 0 Å². The molecular weight excluding hydrogens is 324 g/mol. The highest BCUT2D eigenvalue weighted by Crippen LogP contribution is 2.41. The Balaban J connectivity index is 2.07. The van der Waals surface area contributed by atoms with E-state index in [0.717, 1.165) is 30.6 Å². The van der Waals surface area contributed by atoms with Crippen LogP contribution in [0.4, 0.5) is 5.69 Å². The van der Waals surface area contributed by atoms with Gasteiger partial charge in [0.05, 0.1) is 9.95 Å². The van der Waals surface area contributed by atoms with Crippen molar-refractivity contribution >= 4 is 44.6 Å². The van der Waals surface area contributed by atoms with Crippen molar-refractivity contribution in [2.75, 3.05) is 6.54 Å². The van der Waals surface area contributed by atoms with E-state index in [-0.39, 0.29) is 17.6 Å². The Labute approximate surface area is 136 Å². The number of carbonyl (C=O) groups is 1. The predicted molar refractivity (Wildman–Crippen MR) is 87.8 cm³/mol. The first-order valence-corrected chi connectivity index (χ1v) is 8.36. The monoisotopic (exact) mass is 338 g/mol. The number of nitro benzene ring substituents is 1. The highest BCUT2D eigenvalue weighted by Gasteiger charge is 2.29. The van der Waals surface area contributed by atoms with Crippen LogP contribution in [0.2, 0.25) is 5.02 Å². The molecule has 0 spiro atoms. The lowest BCUT2D eigenvalue weighted by atomic mass is 10.0. The summed E-state index contributed by atoms with van der Waals surface area (Å²) in [5, 5.41) is 12.0. The zero-order valence-corrected chi connectivity index (χ0v) is 13.6. The van der Waals surface area contributed by atoms with Gasteiger partial charge in [-0.1, -0.05) is 23.7 Å². The highest BCUT2D eigenvalue weighted by molar-refractivity contribution is 7.22. The van der Waals surface area contributed by atoms with E-state index in [0.29, 0.717) is 26.5 Å². The minimum atomic E-state index is -0.438. The Kier molecular flexibility index (Phi) is 4.06. The number of hydrogen-bond acceptors (Lipinski definition) is 4. The summed E-state index contributed by atoms with van der Waals surface area (Å²) in [5.74, 6) is -0.118. The summed E-state index contributed by atoms with van der Waals surface area (Å²) in [4.78, 5) is 25.7. The van der Waals surface area contributed by atoms with Crippen LogP contribution in [-0.2, 0) is 0 Å². The number of fused-ring (bicyclic) bond motifs is 1. The van der Waals surface area contributed by atoms with Crippen LogP contribution in [0.25, 0.3) is 10.1 Å². The van der Waals surface area contributed by atoms with Gasteiger partial charge in [-0.15, -0.1) is 11.3 Å². The summed E-state index contributed by atoms with van der Waals surface area (Å²) in [6.07, 6.45) is 3.09. The molecule has 5 nitrogen and oxygen atoms in total. The third-order valence-electron chi connectivity index (χ3n) is 4.09. The van der Waals surface area contributed by atoms with Crippen LogP contribution in [0, 0.1) is 10.1 Å². The molecule has 2 heterocycles. The second kappa shape index (κ2) is 5.85. The fraction of sp³-hybridized carbons (Fsp3) is 0.400. The molecule has 1 fully saturated rings. The van der Waals surface area contributed by atoms with E-state index in [1.807, 2.05) is 11.8 Å². The quantitative estimate of drug-likeness (QED) is 0.599. The van der Waals surface area contributed by atoms with Crippen LogP contribution in [-0.4, -0.2) is 28.3 Å². The number of non-ortho nitro benzene ring substituents is 1. The summed E-state index contributed by atoms with van der Waals surface area (Å²) < 4.78 is 0.463. The number of benzene rings is 1. The van der Waals surface area contributed by atoms with E-state index in [1.165, 1.54) is 6.07 Å². The van der Waals surface area contributed by atoms with Crippen molar-refractivity contribution in [1.82, 2.24) is 4.90 Å². The fourth-order valence-electron chi connectivity index (χ4n) is 2.89. The number of halogens is 1. The van der Waals surface area contributed by atoms with E-state index in [9.17, 15) is 14.9 Å². The summed E-state index contributed by atoms with van der Waals surface area (Å²) in [6.45, 7) is 2.74. The van der Waals surface area contributed by atoms with Gasteiger partial charge in [-0.3, -0.25) is 14.9 Å². The van der Waals surface area contributed by atoms with E-state index >= 15 is 0 Å². The summed E-state index contributed by atoms with van der Waals surface area (Å²) in [7, 11) is 0. The minimum absolute atomic E-state index is 0.00450. The third-order valence-corrected chi connectivity index (χ3v) is 5.81. The van der Waals surface area contributed by atoms with Gasteiger partial charge in [0.2, 0.25) is 0 Å². The molecule has 22 heavy (non-hydrogen) atoms. The molecular formula is C15H15ClN2O3S. The first-order valence-electron chi connectivity index (χ1n) is 7.17. The van der Waals surface area contributed by atoms with Crippen LogP contribution >= 0.6 is 22.9 Å². The van der Waals surface area contributed by atoms with Gasteiger partial charge in [0.15, 0.2) is 0 Å². The van der Waals surface area contributed by atoms with Gasteiger partial charge in [0.25, 0.3) is 11.6 Å². The smallest absolute Gasteiger partial charge is 0.287 e. The Hall–Kier alpha value is -1.66. The molecule has 1 aromatic heterocycles. The molecule has 1 saturated heterocycles. The number of nitrogens with zero attached hydrogens (tertiary/aromatic N) is 2. The minimum Gasteiger partial charge on any atom is -0.335 e. The van der Waals surface area contributed by atoms with Crippen molar-refractivity contribution in [1.29, 1.82) is 0 Å². The molecule has 116 valence electrons. The number of amides is 1. The molecule has 0 N–H and O–H groups in total. The second-order valence-electron chi connectivity index (χ2n) is 5.50. The molecule has 3 rings (SSSR count). The van der Waals surface area contributed by atoms with Crippen molar-refractivity contribution in [2.45, 2.75) is 32.2 Å². The number of likely N-dealkylation sites (tertiary alicyclic amines) is 1. The molecule has 7 heteroatoms. The average molecular weight is 339 g/mol. The number of rotatable bonds is 2. The highest BCUT2D eigenvalue weighted by atomic mass is 35.5. The Morgan fingerprint density at radius 3 is 2.91 bits per heavy atom. The maximum atomic E-state index is 12.8. The molecule has 1 aromatic carbocycles. The van der Waals surface area contributed by atoms with E-state index < -0.39 is 4.92 Å². The molecule has 0 unspecified atom stereocenters. The van der Waals surface area contributed by atoms with Gasteiger partial charge in [-0.25, -0.2) is 0 Å². The molecule has 0 bridgehead atoms. The third kappa shape index (κ3) is 2.46. The Morgan fingerprint density at radius 1 is 1.45 bits per heavy atom. The zero-order valence-electron chi connectivity index (χ0n) is 12.0. The number of carbonyl (C=O) groups excluding carboxylic acids is 1. The molecule has 0 radical (unpaired) electrons. The number of piperidine rings is 1. The van der Waals surface area contributed by atoms with Crippen molar-refractivity contribution in [3.63, 3.8) is 0 Å². The maximum absolute atomic E-state index is 12.8. The standard InChI is InChI=1S/C15H15ClN2O3S/c1-9-5-2-3-8-17(9)15(19)14-12(16)10-6-4-7-11(18(20)21)13(10)22-14/h4,6-7,9H,2-3,5,8H2,1H3/t9-/m0/s1. The average Bonchev–Trinajstić information content (AvgIpc) is 2.84. The van der Waals surface area contributed by atoms with Gasteiger partial charge < -0.3 is 4.90 Å². The van der Waals surface area contributed by atoms with Gasteiger partial charge in [-0.2, -0.15) is 0 Å². The van der Waals surface area contributed by atoms with Crippen LogP contribution in [0.3, 0.4) is 0 Å². The van der Waals surface area contributed by atoms with Crippen LogP contribution in [0.5, 0.6) is 0 Å². The summed E-state index contributed by atoms with van der Waals surface area (Å²) in [5.41, 5.74) is -0.00450. The maximum Gasteiger partial charge on any atom is 0.287 e. The van der Waals surface area contributed by atoms with Crippen LogP contribution < -0.4 is 0 Å². The SMILES string of the molecule is C[C@H]1CCCCN1C(=O)c1sc2c([N+](=O)[O-])cccc2c1Cl. The van der Waals surface area contributed by atoms with Crippen molar-refractivity contribution < 1.29 is 9.72 Å². The van der Waals surface area contributed by atoms with Gasteiger partial charge in [0, 0.05) is 24.0 Å². The van der Waals surface area contributed by atoms with Crippen molar-refractivity contribution in [2.24, 2.45) is 0 Å². The normalized spacial score (nSPS) is 18.6. The van der Waals surface area contributed by atoms with Crippen molar-refractivity contribution in [3.05, 3.63) is 38.2 Å². The number of hydrogen-bond donors (Lipinski definition) is 0. The second-order valence-corrected chi connectivity index (χ2v) is 6.90. The van der Waals surface area contributed by atoms with Gasteiger partial charge >= 0.3 is 0 Å². The Morgan fingerprint density at radius 2 is 2.23 bits per heavy atom. The molecule has 1 aliphatic rings. The van der Waals surface area contributed by atoms with Crippen LogP contribution in [0.15, 0.2) is 18.2 Å².